The van der Waals surface area contributed by atoms with Gasteiger partial charge in [-0.05, 0) is 19.1 Å². The van der Waals surface area contributed by atoms with Crippen LogP contribution in [0.2, 0.25) is 0 Å². The number of hydrogen-bond donors (Lipinski definition) is 2. The van der Waals surface area contributed by atoms with Gasteiger partial charge in [0.2, 0.25) is 0 Å². The van der Waals surface area contributed by atoms with Crippen LogP contribution in [-0.2, 0) is 0 Å². The lowest BCUT2D eigenvalue weighted by Crippen LogP contribution is -2.24. The molecule has 28 heavy (non-hydrogen) atoms. The molecule has 9 heteroatoms. The van der Waals surface area contributed by atoms with Crippen LogP contribution in [0.1, 0.15) is 27.6 Å². The third-order valence-corrected chi connectivity index (χ3v) is 3.88. The molecule has 1 aromatic heterocycles. The van der Waals surface area contributed by atoms with E-state index in [-0.39, 0.29) is 17.4 Å². The summed E-state index contributed by atoms with van der Waals surface area (Å²) in [6.45, 7) is 2.06. The predicted octanol–water partition coefficient (Wildman–Crippen LogP) is 3.79. The second-order valence-corrected chi connectivity index (χ2v) is 5.73. The summed E-state index contributed by atoms with van der Waals surface area (Å²) >= 11 is 0. The smallest absolute Gasteiger partial charge is 0.263 e. The molecular weight excluding hydrogens is 378 g/mol. The fourth-order valence-electron chi connectivity index (χ4n) is 2.63. The normalized spacial score (nSPS) is 10.8. The van der Waals surface area contributed by atoms with Gasteiger partial charge in [0.05, 0.1) is 11.1 Å². The van der Waals surface area contributed by atoms with Crippen LogP contribution in [0.3, 0.4) is 0 Å². The van der Waals surface area contributed by atoms with Gasteiger partial charge < -0.3 is 10.6 Å². The van der Waals surface area contributed by atoms with Crippen LogP contribution in [-0.4, -0.2) is 23.3 Å². The lowest BCUT2D eigenvalue weighted by molar-refractivity contribution is 0.0955. The van der Waals surface area contributed by atoms with Gasteiger partial charge in [0, 0.05) is 18.0 Å². The molecule has 0 bridgehead atoms. The first-order chi connectivity index (χ1) is 13.3. The van der Waals surface area contributed by atoms with E-state index in [0.29, 0.717) is 17.4 Å². The zero-order valence-corrected chi connectivity index (χ0v) is 14.4. The van der Waals surface area contributed by atoms with Crippen LogP contribution in [0.4, 0.5) is 23.4 Å². The SMILES string of the molecule is CCNC(=O)c1cc(NC(=O)c2c(F)c(F)cc(F)c2F)nc2ccccc12. The molecule has 0 fully saturated rings. The highest BCUT2D eigenvalue weighted by Gasteiger charge is 2.25. The molecule has 0 atom stereocenters. The summed E-state index contributed by atoms with van der Waals surface area (Å²) in [7, 11) is 0. The molecule has 0 aliphatic carbocycles. The number of fused-ring (bicyclic) bond motifs is 1. The van der Waals surface area contributed by atoms with Gasteiger partial charge in [-0.3, -0.25) is 9.59 Å². The number of anilines is 1. The van der Waals surface area contributed by atoms with E-state index in [2.05, 4.69) is 15.6 Å². The number of hydrogen-bond acceptors (Lipinski definition) is 3. The fraction of sp³-hybridized carbons (Fsp3) is 0.105. The minimum Gasteiger partial charge on any atom is -0.352 e. The number of nitrogens with one attached hydrogen (secondary N) is 2. The minimum atomic E-state index is -1.83. The van der Waals surface area contributed by atoms with E-state index in [1.165, 1.54) is 6.07 Å². The maximum atomic E-state index is 13.8. The Morgan fingerprint density at radius 1 is 0.964 bits per heavy atom. The standard InChI is InChI=1S/C19H13F4N3O2/c1-2-24-18(27)10-7-14(25-13-6-4-3-5-9(10)13)26-19(28)15-16(22)11(20)8-12(21)17(15)23/h3-8H,2H2,1H3,(H,24,27)(H,25,26,28). The Kier molecular flexibility index (Phi) is 5.25. The maximum absolute atomic E-state index is 13.8. The zero-order chi connectivity index (χ0) is 20.4. The molecule has 5 nitrogen and oxygen atoms in total. The average molecular weight is 391 g/mol. The van der Waals surface area contributed by atoms with Gasteiger partial charge in [-0.15, -0.1) is 0 Å². The van der Waals surface area contributed by atoms with Crippen molar-refractivity contribution in [2.45, 2.75) is 6.92 Å². The summed E-state index contributed by atoms with van der Waals surface area (Å²) < 4.78 is 54.4. The molecule has 1 heterocycles. The van der Waals surface area contributed by atoms with Crippen molar-refractivity contribution in [3.63, 3.8) is 0 Å². The average Bonchev–Trinajstić information content (AvgIpc) is 2.66. The van der Waals surface area contributed by atoms with E-state index in [0.717, 1.165) is 0 Å². The van der Waals surface area contributed by atoms with Gasteiger partial charge in [0.15, 0.2) is 23.3 Å². The molecule has 2 amide bonds. The molecule has 2 N–H and O–H groups in total. The molecule has 0 aliphatic heterocycles. The van der Waals surface area contributed by atoms with E-state index in [9.17, 15) is 27.2 Å². The lowest BCUT2D eigenvalue weighted by atomic mass is 10.1. The first-order valence-electron chi connectivity index (χ1n) is 8.15. The fourth-order valence-corrected chi connectivity index (χ4v) is 2.63. The lowest BCUT2D eigenvalue weighted by Gasteiger charge is -2.11. The first kappa shape index (κ1) is 19.3. The number of amides is 2. The minimum absolute atomic E-state index is 0.00289. The van der Waals surface area contributed by atoms with Gasteiger partial charge in [-0.25, -0.2) is 22.5 Å². The largest absolute Gasteiger partial charge is 0.352 e. The van der Waals surface area contributed by atoms with Crippen LogP contribution in [0.15, 0.2) is 36.4 Å². The molecule has 0 saturated carbocycles. The second kappa shape index (κ2) is 7.63. The van der Waals surface area contributed by atoms with E-state index < -0.39 is 40.6 Å². The second-order valence-electron chi connectivity index (χ2n) is 5.73. The Balaban J connectivity index is 2.06. The van der Waals surface area contributed by atoms with Crippen LogP contribution < -0.4 is 10.6 Å². The summed E-state index contributed by atoms with van der Waals surface area (Å²) in [6.07, 6.45) is 0. The Hall–Kier alpha value is -3.49. The van der Waals surface area contributed by atoms with Crippen molar-refractivity contribution in [1.82, 2.24) is 10.3 Å². The number of carbonyl (C=O) groups is 2. The van der Waals surface area contributed by atoms with Crippen LogP contribution in [0.25, 0.3) is 10.9 Å². The molecular formula is C19H13F4N3O2. The number of pyridine rings is 1. The van der Waals surface area contributed by atoms with Crippen LogP contribution in [0.5, 0.6) is 0 Å². The summed E-state index contributed by atoms with van der Waals surface area (Å²) in [4.78, 5) is 28.6. The quantitative estimate of drug-likeness (QED) is 0.525. The number of carbonyl (C=O) groups excluding carboxylic acids is 2. The van der Waals surface area contributed by atoms with Crippen molar-refractivity contribution in [1.29, 1.82) is 0 Å². The van der Waals surface area contributed by atoms with Gasteiger partial charge in [-0.1, -0.05) is 18.2 Å². The van der Waals surface area contributed by atoms with E-state index >= 15 is 0 Å². The van der Waals surface area contributed by atoms with Crippen molar-refractivity contribution in [3.8, 4) is 0 Å². The number of aromatic nitrogens is 1. The van der Waals surface area contributed by atoms with Gasteiger partial charge in [-0.2, -0.15) is 0 Å². The summed E-state index contributed by atoms with van der Waals surface area (Å²) in [5.74, 6) is -9.20. The molecule has 0 aliphatic rings. The number of para-hydroxylation sites is 1. The summed E-state index contributed by atoms with van der Waals surface area (Å²) in [6, 6.07) is 7.74. The van der Waals surface area contributed by atoms with Crippen molar-refractivity contribution in [3.05, 3.63) is 70.8 Å². The monoisotopic (exact) mass is 391 g/mol. The molecule has 3 aromatic rings. The van der Waals surface area contributed by atoms with Crippen LogP contribution >= 0.6 is 0 Å². The van der Waals surface area contributed by atoms with E-state index in [1.54, 1.807) is 31.2 Å². The Morgan fingerprint density at radius 3 is 2.25 bits per heavy atom. The number of halogens is 4. The molecule has 3 rings (SSSR count). The molecule has 0 unspecified atom stereocenters. The molecule has 144 valence electrons. The van der Waals surface area contributed by atoms with Gasteiger partial charge in [0.1, 0.15) is 11.4 Å². The van der Waals surface area contributed by atoms with Gasteiger partial charge >= 0.3 is 0 Å². The third-order valence-electron chi connectivity index (χ3n) is 3.88. The van der Waals surface area contributed by atoms with Crippen molar-refractivity contribution < 1.29 is 27.2 Å². The number of benzene rings is 2. The number of rotatable bonds is 4. The molecule has 0 saturated heterocycles. The van der Waals surface area contributed by atoms with Gasteiger partial charge in [0.25, 0.3) is 11.8 Å². The highest BCUT2D eigenvalue weighted by Crippen LogP contribution is 2.23. The first-order valence-corrected chi connectivity index (χ1v) is 8.15. The maximum Gasteiger partial charge on any atom is 0.263 e. The zero-order valence-electron chi connectivity index (χ0n) is 14.4. The van der Waals surface area contributed by atoms with Crippen molar-refractivity contribution >= 4 is 28.5 Å². The Bertz CT molecular complexity index is 1080. The third kappa shape index (κ3) is 3.51. The van der Waals surface area contributed by atoms with Crippen molar-refractivity contribution in [2.75, 3.05) is 11.9 Å². The van der Waals surface area contributed by atoms with Crippen molar-refractivity contribution in [2.24, 2.45) is 0 Å². The highest BCUT2D eigenvalue weighted by molar-refractivity contribution is 6.09. The predicted molar refractivity (Wildman–Crippen MR) is 94.0 cm³/mol. The Morgan fingerprint density at radius 2 is 1.61 bits per heavy atom. The molecule has 0 spiro atoms. The van der Waals surface area contributed by atoms with E-state index in [4.69, 9.17) is 0 Å². The molecule has 2 aromatic carbocycles. The summed E-state index contributed by atoms with van der Waals surface area (Å²) in [5, 5.41) is 5.17. The van der Waals surface area contributed by atoms with E-state index in [1.807, 2.05) is 0 Å². The molecule has 0 radical (unpaired) electrons. The number of nitrogens with zero attached hydrogens (tertiary/aromatic N) is 1. The Labute approximate surface area is 156 Å². The van der Waals surface area contributed by atoms with Crippen LogP contribution in [0, 0.1) is 23.3 Å². The highest BCUT2D eigenvalue weighted by atomic mass is 19.2. The summed E-state index contributed by atoms with van der Waals surface area (Å²) in [5.41, 5.74) is -0.936. The topological polar surface area (TPSA) is 71.1 Å².